The van der Waals surface area contributed by atoms with Crippen molar-refractivity contribution in [3.8, 4) is 11.4 Å². The van der Waals surface area contributed by atoms with Crippen LogP contribution in [0.5, 0.6) is 5.75 Å². The average molecular weight is 390 g/mol. The molecule has 0 atom stereocenters. The van der Waals surface area contributed by atoms with Crippen LogP contribution < -0.4 is 10.1 Å². The molecule has 0 fully saturated rings. The molecule has 29 heavy (non-hydrogen) atoms. The van der Waals surface area contributed by atoms with E-state index in [-0.39, 0.29) is 0 Å². The zero-order valence-corrected chi connectivity index (χ0v) is 17.4. The number of pyridine rings is 1. The van der Waals surface area contributed by atoms with Crippen LogP contribution in [0.4, 0.5) is 5.69 Å². The van der Waals surface area contributed by atoms with E-state index in [1.807, 2.05) is 41.9 Å². The summed E-state index contributed by atoms with van der Waals surface area (Å²) in [7, 11) is 5.87. The lowest BCUT2D eigenvalue weighted by Crippen LogP contribution is -2.16. The molecular formula is C23H27N5O. The van der Waals surface area contributed by atoms with Crippen LogP contribution in [0.25, 0.3) is 27.6 Å². The molecular weight excluding hydrogens is 362 g/mol. The molecule has 0 amide bonds. The summed E-state index contributed by atoms with van der Waals surface area (Å²) < 4.78 is 7.21. The summed E-state index contributed by atoms with van der Waals surface area (Å²) in [6, 6.07) is 16.2. The van der Waals surface area contributed by atoms with Crippen LogP contribution in [0, 0.1) is 6.92 Å². The van der Waals surface area contributed by atoms with E-state index in [1.54, 1.807) is 7.11 Å². The Hall–Kier alpha value is -3.12. The fourth-order valence-electron chi connectivity index (χ4n) is 3.64. The maximum absolute atomic E-state index is 5.29. The van der Waals surface area contributed by atoms with Gasteiger partial charge < -0.3 is 15.0 Å². The molecule has 4 rings (SSSR count). The summed E-state index contributed by atoms with van der Waals surface area (Å²) in [4.78, 5) is 7.16. The largest absolute Gasteiger partial charge is 0.497 e. The number of ether oxygens (including phenoxy) is 1. The van der Waals surface area contributed by atoms with Gasteiger partial charge in [0.2, 0.25) is 0 Å². The van der Waals surface area contributed by atoms with Crippen molar-refractivity contribution in [3.63, 3.8) is 0 Å². The molecule has 6 nitrogen and oxygen atoms in total. The van der Waals surface area contributed by atoms with Crippen molar-refractivity contribution in [2.24, 2.45) is 0 Å². The van der Waals surface area contributed by atoms with Gasteiger partial charge in [0.15, 0.2) is 5.65 Å². The molecule has 0 bridgehead atoms. The number of hydrogen-bond acceptors (Lipinski definition) is 5. The van der Waals surface area contributed by atoms with E-state index in [4.69, 9.17) is 14.8 Å². The molecule has 0 aliphatic heterocycles. The number of rotatable bonds is 7. The van der Waals surface area contributed by atoms with E-state index in [9.17, 15) is 0 Å². The second kappa shape index (κ2) is 8.09. The monoisotopic (exact) mass is 389 g/mol. The maximum Gasteiger partial charge on any atom is 0.165 e. The fraction of sp³-hybridized carbons (Fsp3) is 0.304. The number of nitrogens with one attached hydrogen (secondary N) is 1. The first kappa shape index (κ1) is 19.2. The summed E-state index contributed by atoms with van der Waals surface area (Å²) in [6.45, 7) is 3.99. The minimum absolute atomic E-state index is 0.823. The summed E-state index contributed by atoms with van der Waals surface area (Å²) in [6.07, 6.45) is 1.07. The minimum atomic E-state index is 0.823. The van der Waals surface area contributed by atoms with E-state index >= 15 is 0 Å². The predicted octanol–water partition coefficient (Wildman–Crippen LogP) is 4.25. The van der Waals surface area contributed by atoms with Crippen molar-refractivity contribution in [3.05, 3.63) is 54.2 Å². The summed E-state index contributed by atoms with van der Waals surface area (Å²) >= 11 is 0. The van der Waals surface area contributed by atoms with Gasteiger partial charge in [0.25, 0.3) is 0 Å². The van der Waals surface area contributed by atoms with Crippen LogP contribution in [0.3, 0.4) is 0 Å². The highest BCUT2D eigenvalue weighted by atomic mass is 16.5. The molecule has 0 spiro atoms. The average Bonchev–Trinajstić information content (AvgIpc) is 3.06. The van der Waals surface area contributed by atoms with Crippen LogP contribution in [0.2, 0.25) is 0 Å². The summed E-state index contributed by atoms with van der Waals surface area (Å²) in [5.41, 5.74) is 4.86. The normalized spacial score (nSPS) is 11.5. The molecule has 150 valence electrons. The number of benzene rings is 2. The van der Waals surface area contributed by atoms with E-state index in [1.165, 1.54) is 0 Å². The Morgan fingerprint density at radius 3 is 2.55 bits per heavy atom. The van der Waals surface area contributed by atoms with Crippen LogP contribution in [-0.2, 0) is 0 Å². The van der Waals surface area contributed by atoms with Crippen molar-refractivity contribution in [1.82, 2.24) is 19.7 Å². The standard InChI is InChI=1S/C23H27N5O/c1-16-21-22(24-14-7-15-27(2)3)19-8-5-6-9-20(19)25-23(21)28(26-16)17-10-12-18(29-4)13-11-17/h5-6,8-13H,7,14-15H2,1-4H3,(H,24,25). The molecule has 0 aliphatic rings. The van der Waals surface area contributed by atoms with Gasteiger partial charge in [-0.3, -0.25) is 0 Å². The summed E-state index contributed by atoms with van der Waals surface area (Å²) in [5.74, 6) is 0.823. The number of aromatic nitrogens is 3. The van der Waals surface area contributed by atoms with Gasteiger partial charge in [0.1, 0.15) is 5.75 Å². The van der Waals surface area contributed by atoms with Gasteiger partial charge in [-0.2, -0.15) is 5.10 Å². The highest BCUT2D eigenvalue weighted by Crippen LogP contribution is 2.34. The van der Waals surface area contributed by atoms with Crippen LogP contribution in [0.15, 0.2) is 48.5 Å². The highest BCUT2D eigenvalue weighted by Gasteiger charge is 2.17. The molecule has 2 aromatic carbocycles. The quantitative estimate of drug-likeness (QED) is 0.479. The SMILES string of the molecule is COc1ccc(-n2nc(C)c3c(NCCCN(C)C)c4ccccc4nc32)cc1. The topological polar surface area (TPSA) is 55.2 Å². The predicted molar refractivity (Wildman–Crippen MR) is 119 cm³/mol. The highest BCUT2D eigenvalue weighted by molar-refractivity contribution is 6.07. The lowest BCUT2D eigenvalue weighted by atomic mass is 10.1. The maximum atomic E-state index is 5.29. The van der Waals surface area contributed by atoms with E-state index in [0.717, 1.165) is 64.3 Å². The van der Waals surface area contributed by atoms with Crippen molar-refractivity contribution in [2.45, 2.75) is 13.3 Å². The Kier molecular flexibility index (Phi) is 5.36. The number of anilines is 1. The Balaban J connectivity index is 1.84. The first-order valence-corrected chi connectivity index (χ1v) is 9.89. The molecule has 2 heterocycles. The Labute approximate surface area is 171 Å². The lowest BCUT2D eigenvalue weighted by Gasteiger charge is -2.14. The van der Waals surface area contributed by atoms with Gasteiger partial charge in [0, 0.05) is 11.9 Å². The number of nitrogens with zero attached hydrogens (tertiary/aromatic N) is 4. The van der Waals surface area contributed by atoms with Gasteiger partial charge in [0.05, 0.1) is 35.1 Å². The summed E-state index contributed by atoms with van der Waals surface area (Å²) in [5, 5.41) is 10.7. The third kappa shape index (κ3) is 3.76. The van der Waals surface area contributed by atoms with Gasteiger partial charge >= 0.3 is 0 Å². The third-order valence-corrected chi connectivity index (χ3v) is 5.09. The Morgan fingerprint density at radius 2 is 1.83 bits per heavy atom. The van der Waals surface area contributed by atoms with Crippen molar-refractivity contribution in [2.75, 3.05) is 39.6 Å². The number of aryl methyl sites for hydroxylation is 1. The smallest absolute Gasteiger partial charge is 0.165 e. The fourth-order valence-corrected chi connectivity index (χ4v) is 3.64. The molecule has 0 radical (unpaired) electrons. The molecule has 0 saturated heterocycles. The second-order valence-corrected chi connectivity index (χ2v) is 7.48. The third-order valence-electron chi connectivity index (χ3n) is 5.09. The molecule has 0 saturated carbocycles. The molecule has 4 aromatic rings. The molecule has 0 unspecified atom stereocenters. The lowest BCUT2D eigenvalue weighted by molar-refractivity contribution is 0.405. The Bertz CT molecular complexity index is 1130. The number of methoxy groups -OCH3 is 1. The van der Waals surface area contributed by atoms with E-state index < -0.39 is 0 Å². The van der Waals surface area contributed by atoms with E-state index in [2.05, 4.69) is 42.5 Å². The van der Waals surface area contributed by atoms with Gasteiger partial charge in [-0.1, -0.05) is 18.2 Å². The minimum Gasteiger partial charge on any atom is -0.497 e. The van der Waals surface area contributed by atoms with Crippen LogP contribution in [0.1, 0.15) is 12.1 Å². The second-order valence-electron chi connectivity index (χ2n) is 7.48. The van der Waals surface area contributed by atoms with Crippen molar-refractivity contribution in [1.29, 1.82) is 0 Å². The van der Waals surface area contributed by atoms with Crippen LogP contribution in [-0.4, -0.2) is 54.0 Å². The number of hydrogen-bond donors (Lipinski definition) is 1. The van der Waals surface area contributed by atoms with E-state index in [0.29, 0.717) is 0 Å². The van der Waals surface area contributed by atoms with Crippen LogP contribution >= 0.6 is 0 Å². The first-order valence-electron chi connectivity index (χ1n) is 9.89. The first-order chi connectivity index (χ1) is 14.1. The zero-order valence-electron chi connectivity index (χ0n) is 17.4. The number of fused-ring (bicyclic) bond motifs is 2. The van der Waals surface area contributed by atoms with Gasteiger partial charge in [-0.25, -0.2) is 9.67 Å². The molecule has 6 heteroatoms. The molecule has 1 N–H and O–H groups in total. The van der Waals surface area contributed by atoms with Gasteiger partial charge in [-0.05, 0) is 64.3 Å². The molecule has 0 aliphatic carbocycles. The molecule has 2 aromatic heterocycles. The van der Waals surface area contributed by atoms with Gasteiger partial charge in [-0.15, -0.1) is 0 Å². The van der Waals surface area contributed by atoms with Crippen molar-refractivity contribution >= 4 is 27.6 Å². The van der Waals surface area contributed by atoms with Crippen molar-refractivity contribution < 1.29 is 4.74 Å². The zero-order chi connectivity index (χ0) is 20.4. The number of para-hydroxylation sites is 1. The Morgan fingerprint density at radius 1 is 1.07 bits per heavy atom.